The first-order valence-electron chi connectivity index (χ1n) is 7.91. The standard InChI is InChI=1S/C17H19FN4O2/c1-19-13-3-2-10-21(11-13)17(24)15-8-9-16(23)22(20-15)14-6-4-12(18)5-7-14/h4-9,13,19H,2-3,10-11H2,1H3. The highest BCUT2D eigenvalue weighted by atomic mass is 19.1. The van der Waals surface area contributed by atoms with Crippen molar-refractivity contribution >= 4 is 5.91 Å². The maximum atomic E-state index is 13.0. The molecule has 1 unspecified atom stereocenters. The Kier molecular flexibility index (Phi) is 4.71. The highest BCUT2D eigenvalue weighted by molar-refractivity contribution is 5.92. The lowest BCUT2D eigenvalue weighted by Crippen LogP contribution is -2.47. The van der Waals surface area contributed by atoms with E-state index in [4.69, 9.17) is 0 Å². The van der Waals surface area contributed by atoms with E-state index in [-0.39, 0.29) is 23.2 Å². The number of halogens is 1. The van der Waals surface area contributed by atoms with Gasteiger partial charge in [0.1, 0.15) is 11.5 Å². The van der Waals surface area contributed by atoms with Crippen LogP contribution in [0.5, 0.6) is 0 Å². The summed E-state index contributed by atoms with van der Waals surface area (Å²) in [6.07, 6.45) is 1.96. The van der Waals surface area contributed by atoms with Crippen LogP contribution < -0.4 is 10.9 Å². The number of benzene rings is 1. The molecule has 0 saturated carbocycles. The maximum Gasteiger partial charge on any atom is 0.274 e. The fourth-order valence-electron chi connectivity index (χ4n) is 2.85. The van der Waals surface area contributed by atoms with Crippen molar-refractivity contribution in [2.75, 3.05) is 20.1 Å². The molecule has 1 aliphatic heterocycles. The number of carbonyl (C=O) groups is 1. The second-order valence-electron chi connectivity index (χ2n) is 5.82. The van der Waals surface area contributed by atoms with E-state index in [1.54, 1.807) is 4.90 Å². The molecule has 1 amide bonds. The number of aromatic nitrogens is 2. The molecule has 6 nitrogen and oxygen atoms in total. The Bertz CT molecular complexity index is 788. The smallest absolute Gasteiger partial charge is 0.274 e. The van der Waals surface area contributed by atoms with Gasteiger partial charge in [-0.15, -0.1) is 0 Å². The van der Waals surface area contributed by atoms with Crippen molar-refractivity contribution in [2.24, 2.45) is 0 Å². The number of piperidine rings is 1. The van der Waals surface area contributed by atoms with Crippen LogP contribution in [-0.2, 0) is 0 Å². The Balaban J connectivity index is 1.89. The highest BCUT2D eigenvalue weighted by Gasteiger charge is 2.24. The van der Waals surface area contributed by atoms with Gasteiger partial charge in [0, 0.05) is 25.2 Å². The third-order valence-corrected chi connectivity index (χ3v) is 4.21. The lowest BCUT2D eigenvalue weighted by atomic mass is 10.1. The largest absolute Gasteiger partial charge is 0.336 e. The van der Waals surface area contributed by atoms with E-state index in [9.17, 15) is 14.0 Å². The number of amides is 1. The molecule has 7 heteroatoms. The summed E-state index contributed by atoms with van der Waals surface area (Å²) in [5.41, 5.74) is 0.253. The predicted octanol–water partition coefficient (Wildman–Crippen LogP) is 1.20. The Morgan fingerprint density at radius 2 is 2.00 bits per heavy atom. The SMILES string of the molecule is CNC1CCCN(C(=O)c2ccc(=O)n(-c3ccc(F)cc3)n2)C1. The van der Waals surface area contributed by atoms with Gasteiger partial charge >= 0.3 is 0 Å². The van der Waals surface area contributed by atoms with E-state index in [2.05, 4.69) is 10.4 Å². The van der Waals surface area contributed by atoms with Gasteiger partial charge in [-0.3, -0.25) is 9.59 Å². The van der Waals surface area contributed by atoms with Crippen molar-refractivity contribution in [1.29, 1.82) is 0 Å². The number of likely N-dealkylation sites (tertiary alicyclic amines) is 1. The van der Waals surface area contributed by atoms with Crippen LogP contribution >= 0.6 is 0 Å². The van der Waals surface area contributed by atoms with Gasteiger partial charge in [0.2, 0.25) is 0 Å². The zero-order valence-corrected chi connectivity index (χ0v) is 13.4. The Morgan fingerprint density at radius 1 is 1.25 bits per heavy atom. The van der Waals surface area contributed by atoms with Crippen molar-refractivity contribution < 1.29 is 9.18 Å². The van der Waals surface area contributed by atoms with Gasteiger partial charge in [-0.05, 0) is 50.2 Å². The van der Waals surface area contributed by atoms with E-state index in [0.717, 1.165) is 17.5 Å². The average molecular weight is 330 g/mol. The molecule has 1 atom stereocenters. The quantitative estimate of drug-likeness (QED) is 0.918. The van der Waals surface area contributed by atoms with E-state index in [1.165, 1.54) is 36.4 Å². The zero-order valence-electron chi connectivity index (χ0n) is 13.4. The molecule has 0 spiro atoms. The summed E-state index contributed by atoms with van der Waals surface area (Å²) in [5.74, 6) is -0.601. The van der Waals surface area contributed by atoms with Gasteiger partial charge in [0.05, 0.1) is 5.69 Å². The minimum absolute atomic E-state index is 0.203. The topological polar surface area (TPSA) is 67.2 Å². The van der Waals surface area contributed by atoms with Gasteiger partial charge in [-0.1, -0.05) is 0 Å². The number of likely N-dealkylation sites (N-methyl/N-ethyl adjacent to an activating group) is 1. The second-order valence-corrected chi connectivity index (χ2v) is 5.82. The zero-order chi connectivity index (χ0) is 17.1. The summed E-state index contributed by atoms with van der Waals surface area (Å²) in [6.45, 7) is 1.29. The van der Waals surface area contributed by atoms with Gasteiger partial charge in [0.25, 0.3) is 11.5 Å². The molecule has 1 aromatic carbocycles. The molecular formula is C17H19FN4O2. The van der Waals surface area contributed by atoms with Gasteiger partial charge < -0.3 is 10.2 Å². The number of hydrogen-bond acceptors (Lipinski definition) is 4. The highest BCUT2D eigenvalue weighted by Crippen LogP contribution is 2.13. The minimum atomic E-state index is -0.398. The van der Waals surface area contributed by atoms with Crippen LogP contribution in [0.15, 0.2) is 41.2 Å². The molecule has 1 fully saturated rings. The summed E-state index contributed by atoms with van der Waals surface area (Å²) in [6, 6.07) is 8.42. The first-order chi connectivity index (χ1) is 11.6. The van der Waals surface area contributed by atoms with Crippen LogP contribution in [0.2, 0.25) is 0 Å². The Morgan fingerprint density at radius 3 is 2.71 bits per heavy atom. The molecule has 1 aromatic heterocycles. The van der Waals surface area contributed by atoms with E-state index in [0.29, 0.717) is 18.8 Å². The van der Waals surface area contributed by atoms with Crippen molar-refractivity contribution in [2.45, 2.75) is 18.9 Å². The van der Waals surface area contributed by atoms with Gasteiger partial charge in [-0.2, -0.15) is 9.78 Å². The molecule has 1 aliphatic rings. The molecule has 3 rings (SSSR count). The average Bonchev–Trinajstić information content (AvgIpc) is 2.62. The second kappa shape index (κ2) is 6.92. The first kappa shape index (κ1) is 16.3. The van der Waals surface area contributed by atoms with Gasteiger partial charge in [-0.25, -0.2) is 4.39 Å². The molecule has 0 bridgehead atoms. The lowest BCUT2D eigenvalue weighted by Gasteiger charge is -2.32. The maximum absolute atomic E-state index is 13.0. The number of carbonyl (C=O) groups excluding carboxylic acids is 1. The number of hydrogen-bond donors (Lipinski definition) is 1. The molecule has 0 radical (unpaired) electrons. The molecule has 2 aromatic rings. The fraction of sp³-hybridized carbons (Fsp3) is 0.353. The third kappa shape index (κ3) is 3.35. The molecular weight excluding hydrogens is 311 g/mol. The molecule has 2 heterocycles. The predicted molar refractivity (Wildman–Crippen MR) is 87.8 cm³/mol. The van der Waals surface area contributed by atoms with Crippen LogP contribution in [-0.4, -0.2) is 46.8 Å². The number of rotatable bonds is 3. The normalized spacial score (nSPS) is 17.8. The van der Waals surface area contributed by atoms with Crippen LogP contribution in [0, 0.1) is 5.82 Å². The summed E-state index contributed by atoms with van der Waals surface area (Å²) in [5, 5.41) is 7.36. The summed E-state index contributed by atoms with van der Waals surface area (Å²) in [4.78, 5) is 26.4. The van der Waals surface area contributed by atoms with Crippen molar-refractivity contribution in [3.8, 4) is 5.69 Å². The monoisotopic (exact) mass is 330 g/mol. The minimum Gasteiger partial charge on any atom is -0.336 e. The van der Waals surface area contributed by atoms with Crippen LogP contribution in [0.25, 0.3) is 5.69 Å². The van der Waals surface area contributed by atoms with Crippen molar-refractivity contribution in [3.05, 3.63) is 58.3 Å². The van der Waals surface area contributed by atoms with E-state index < -0.39 is 5.82 Å². The fourth-order valence-corrected chi connectivity index (χ4v) is 2.85. The lowest BCUT2D eigenvalue weighted by molar-refractivity contribution is 0.0690. The van der Waals surface area contributed by atoms with Crippen LogP contribution in [0.4, 0.5) is 4.39 Å². The summed E-state index contributed by atoms with van der Waals surface area (Å²) < 4.78 is 14.2. The third-order valence-electron chi connectivity index (χ3n) is 4.21. The van der Waals surface area contributed by atoms with E-state index in [1.807, 2.05) is 7.05 Å². The number of nitrogens with one attached hydrogen (secondary N) is 1. The van der Waals surface area contributed by atoms with Crippen LogP contribution in [0.1, 0.15) is 23.3 Å². The van der Waals surface area contributed by atoms with Crippen molar-refractivity contribution in [1.82, 2.24) is 20.0 Å². The Labute approximate surface area is 138 Å². The molecule has 0 aliphatic carbocycles. The van der Waals surface area contributed by atoms with Crippen LogP contribution in [0.3, 0.4) is 0 Å². The molecule has 1 N–H and O–H groups in total. The number of nitrogens with zero attached hydrogens (tertiary/aromatic N) is 3. The Hall–Kier alpha value is -2.54. The molecule has 24 heavy (non-hydrogen) atoms. The summed E-state index contributed by atoms with van der Waals surface area (Å²) >= 11 is 0. The van der Waals surface area contributed by atoms with Gasteiger partial charge in [0.15, 0.2) is 0 Å². The molecule has 1 saturated heterocycles. The summed E-state index contributed by atoms with van der Waals surface area (Å²) in [7, 11) is 1.88. The van der Waals surface area contributed by atoms with Crippen molar-refractivity contribution in [3.63, 3.8) is 0 Å². The first-order valence-corrected chi connectivity index (χ1v) is 7.91. The van der Waals surface area contributed by atoms with E-state index >= 15 is 0 Å². The molecule has 126 valence electrons.